The van der Waals surface area contributed by atoms with Crippen LogP contribution < -0.4 is 15.0 Å². The molecule has 2 heterocycles. The highest BCUT2D eigenvalue weighted by Crippen LogP contribution is 2.24. The molecule has 0 atom stereocenters. The Kier molecular flexibility index (Phi) is 4.92. The molecule has 0 radical (unpaired) electrons. The van der Waals surface area contributed by atoms with E-state index in [1.165, 1.54) is 11.1 Å². The van der Waals surface area contributed by atoms with E-state index in [1.807, 2.05) is 31.2 Å². The van der Waals surface area contributed by atoms with Crippen LogP contribution in [0.4, 0.5) is 11.8 Å². The molecular weight excluding hydrogens is 336 g/mol. The second-order valence-electron chi connectivity index (χ2n) is 6.83. The van der Waals surface area contributed by atoms with E-state index in [0.29, 0.717) is 12.5 Å². The molecule has 5 nitrogen and oxygen atoms in total. The first-order valence-electron chi connectivity index (χ1n) is 9.25. The molecule has 1 aromatic heterocycles. The SMILES string of the molecule is COc1ccc(CNc2nc(C)cc(N3CCc4ccccc4C3)n2)cc1. The molecule has 0 fully saturated rings. The lowest BCUT2D eigenvalue weighted by Crippen LogP contribution is -2.31. The lowest BCUT2D eigenvalue weighted by molar-refractivity contribution is 0.414. The largest absolute Gasteiger partial charge is 0.497 e. The molecule has 0 saturated carbocycles. The van der Waals surface area contributed by atoms with E-state index in [4.69, 9.17) is 9.72 Å². The Balaban J connectivity index is 1.48. The molecule has 0 unspecified atom stereocenters. The zero-order valence-electron chi connectivity index (χ0n) is 15.8. The van der Waals surface area contributed by atoms with Crippen LogP contribution in [0.1, 0.15) is 22.4 Å². The number of hydrogen-bond acceptors (Lipinski definition) is 5. The molecule has 0 saturated heterocycles. The number of aromatic nitrogens is 2. The van der Waals surface area contributed by atoms with Crippen molar-refractivity contribution in [3.8, 4) is 5.75 Å². The first-order chi connectivity index (χ1) is 13.2. The van der Waals surface area contributed by atoms with Crippen LogP contribution in [0.3, 0.4) is 0 Å². The number of rotatable bonds is 5. The van der Waals surface area contributed by atoms with Crippen molar-refractivity contribution in [3.63, 3.8) is 0 Å². The lowest BCUT2D eigenvalue weighted by atomic mass is 10.00. The van der Waals surface area contributed by atoms with Gasteiger partial charge in [0.05, 0.1) is 7.11 Å². The molecule has 3 aromatic rings. The third-order valence-electron chi connectivity index (χ3n) is 4.91. The minimum atomic E-state index is 0.666. The monoisotopic (exact) mass is 360 g/mol. The summed E-state index contributed by atoms with van der Waals surface area (Å²) in [6, 6.07) is 18.7. The summed E-state index contributed by atoms with van der Waals surface area (Å²) in [7, 11) is 1.67. The molecule has 1 N–H and O–H groups in total. The molecule has 2 aromatic carbocycles. The first-order valence-corrected chi connectivity index (χ1v) is 9.25. The highest BCUT2D eigenvalue weighted by molar-refractivity contribution is 5.48. The number of benzene rings is 2. The number of fused-ring (bicyclic) bond motifs is 1. The smallest absolute Gasteiger partial charge is 0.225 e. The molecule has 4 rings (SSSR count). The van der Waals surface area contributed by atoms with Crippen molar-refractivity contribution in [2.45, 2.75) is 26.4 Å². The van der Waals surface area contributed by atoms with Crippen molar-refractivity contribution in [1.29, 1.82) is 0 Å². The lowest BCUT2D eigenvalue weighted by Gasteiger charge is -2.30. The maximum absolute atomic E-state index is 5.20. The molecule has 0 amide bonds. The van der Waals surface area contributed by atoms with Gasteiger partial charge < -0.3 is 15.0 Å². The van der Waals surface area contributed by atoms with Crippen LogP contribution in [0.25, 0.3) is 0 Å². The van der Waals surface area contributed by atoms with E-state index in [2.05, 4.69) is 45.5 Å². The maximum atomic E-state index is 5.20. The number of anilines is 2. The Bertz CT molecular complexity index is 924. The molecule has 138 valence electrons. The van der Waals surface area contributed by atoms with Gasteiger partial charge in [-0.1, -0.05) is 36.4 Å². The van der Waals surface area contributed by atoms with Crippen LogP contribution in [0, 0.1) is 6.92 Å². The van der Waals surface area contributed by atoms with Gasteiger partial charge in [-0.25, -0.2) is 4.98 Å². The van der Waals surface area contributed by atoms with Gasteiger partial charge in [0.25, 0.3) is 0 Å². The fraction of sp³-hybridized carbons (Fsp3) is 0.273. The zero-order chi connectivity index (χ0) is 18.6. The van der Waals surface area contributed by atoms with Gasteiger partial charge in [-0.2, -0.15) is 4.98 Å². The average Bonchev–Trinajstić information content (AvgIpc) is 2.72. The van der Waals surface area contributed by atoms with E-state index in [1.54, 1.807) is 7.11 Å². The van der Waals surface area contributed by atoms with Crippen LogP contribution in [0.15, 0.2) is 54.6 Å². The predicted octanol–water partition coefficient (Wildman–Crippen LogP) is 3.97. The minimum Gasteiger partial charge on any atom is -0.497 e. The van der Waals surface area contributed by atoms with Gasteiger partial charge in [0, 0.05) is 31.4 Å². The molecule has 1 aliphatic heterocycles. The number of hydrogen-bond donors (Lipinski definition) is 1. The van der Waals surface area contributed by atoms with Gasteiger partial charge in [0.15, 0.2) is 0 Å². The molecule has 0 spiro atoms. The number of ether oxygens (including phenoxy) is 1. The van der Waals surface area contributed by atoms with Crippen molar-refractivity contribution in [2.24, 2.45) is 0 Å². The van der Waals surface area contributed by atoms with Gasteiger partial charge in [-0.05, 0) is 42.2 Å². The first kappa shape index (κ1) is 17.3. The average molecular weight is 360 g/mol. The van der Waals surface area contributed by atoms with Gasteiger partial charge in [0.1, 0.15) is 11.6 Å². The van der Waals surface area contributed by atoms with Crippen LogP contribution in [-0.2, 0) is 19.5 Å². The molecule has 0 bridgehead atoms. The van der Waals surface area contributed by atoms with Crippen LogP contribution in [0.2, 0.25) is 0 Å². The third-order valence-corrected chi connectivity index (χ3v) is 4.91. The van der Waals surface area contributed by atoms with Crippen molar-refractivity contribution in [3.05, 3.63) is 77.0 Å². The van der Waals surface area contributed by atoms with E-state index >= 15 is 0 Å². The van der Waals surface area contributed by atoms with E-state index in [9.17, 15) is 0 Å². The van der Waals surface area contributed by atoms with Gasteiger partial charge in [0.2, 0.25) is 5.95 Å². The second-order valence-corrected chi connectivity index (χ2v) is 6.83. The van der Waals surface area contributed by atoms with E-state index in [-0.39, 0.29) is 0 Å². The summed E-state index contributed by atoms with van der Waals surface area (Å²) in [5.74, 6) is 2.51. The zero-order valence-corrected chi connectivity index (χ0v) is 15.8. The summed E-state index contributed by atoms with van der Waals surface area (Å²) >= 11 is 0. The molecule has 5 heteroatoms. The van der Waals surface area contributed by atoms with Crippen molar-refractivity contribution < 1.29 is 4.74 Å². The Morgan fingerprint density at radius 2 is 1.81 bits per heavy atom. The molecular formula is C22H24N4O. The molecule has 27 heavy (non-hydrogen) atoms. The summed E-state index contributed by atoms with van der Waals surface area (Å²) in [5, 5.41) is 3.35. The highest BCUT2D eigenvalue weighted by atomic mass is 16.5. The van der Waals surface area contributed by atoms with Crippen LogP contribution in [0.5, 0.6) is 5.75 Å². The standard InChI is InChI=1S/C22H24N4O/c1-16-13-21(26-12-11-18-5-3-4-6-19(18)15-26)25-22(24-16)23-14-17-7-9-20(27-2)10-8-17/h3-10,13H,11-12,14-15H2,1-2H3,(H,23,24,25). The van der Waals surface area contributed by atoms with E-state index in [0.717, 1.165) is 42.3 Å². The Hall–Kier alpha value is -3.08. The van der Waals surface area contributed by atoms with Crippen molar-refractivity contribution >= 4 is 11.8 Å². The summed E-state index contributed by atoms with van der Waals surface area (Å²) in [6.45, 7) is 4.56. The summed E-state index contributed by atoms with van der Waals surface area (Å²) in [6.07, 6.45) is 1.05. The number of nitrogens with zero attached hydrogens (tertiary/aromatic N) is 3. The second kappa shape index (κ2) is 7.66. The fourth-order valence-electron chi connectivity index (χ4n) is 3.41. The number of nitrogens with one attached hydrogen (secondary N) is 1. The van der Waals surface area contributed by atoms with Crippen molar-refractivity contribution in [2.75, 3.05) is 23.9 Å². The predicted molar refractivity (Wildman–Crippen MR) is 108 cm³/mol. The Morgan fingerprint density at radius 1 is 1.04 bits per heavy atom. The molecule has 1 aliphatic rings. The normalized spacial score (nSPS) is 13.2. The van der Waals surface area contributed by atoms with Crippen LogP contribution >= 0.6 is 0 Å². The number of aryl methyl sites for hydroxylation is 1. The quantitative estimate of drug-likeness (QED) is 0.746. The van der Waals surface area contributed by atoms with Gasteiger partial charge in [-0.15, -0.1) is 0 Å². The maximum Gasteiger partial charge on any atom is 0.225 e. The highest BCUT2D eigenvalue weighted by Gasteiger charge is 2.18. The minimum absolute atomic E-state index is 0.666. The summed E-state index contributed by atoms with van der Waals surface area (Å²) in [5.41, 5.74) is 4.95. The topological polar surface area (TPSA) is 50.3 Å². The van der Waals surface area contributed by atoms with Crippen molar-refractivity contribution in [1.82, 2.24) is 9.97 Å². The third kappa shape index (κ3) is 4.03. The number of methoxy groups -OCH3 is 1. The fourth-order valence-corrected chi connectivity index (χ4v) is 3.41. The van der Waals surface area contributed by atoms with Crippen LogP contribution in [-0.4, -0.2) is 23.6 Å². The Labute approximate surface area is 160 Å². The summed E-state index contributed by atoms with van der Waals surface area (Å²) in [4.78, 5) is 11.6. The van der Waals surface area contributed by atoms with Gasteiger partial charge in [-0.3, -0.25) is 0 Å². The van der Waals surface area contributed by atoms with E-state index < -0.39 is 0 Å². The molecule has 0 aliphatic carbocycles. The van der Waals surface area contributed by atoms with Gasteiger partial charge >= 0.3 is 0 Å². The Morgan fingerprint density at radius 3 is 2.59 bits per heavy atom. The summed E-state index contributed by atoms with van der Waals surface area (Å²) < 4.78 is 5.20.